The smallest absolute Gasteiger partial charge is 0.317 e. The Hall–Kier alpha value is -0.610. The summed E-state index contributed by atoms with van der Waals surface area (Å²) in [5.41, 5.74) is 0. The van der Waals surface area contributed by atoms with Crippen molar-refractivity contribution in [3.8, 4) is 0 Å². The first-order valence-electron chi connectivity index (χ1n) is 7.28. The number of nitrogens with zero attached hydrogens (tertiary/aromatic N) is 2. The van der Waals surface area contributed by atoms with E-state index in [0.717, 1.165) is 19.4 Å². The van der Waals surface area contributed by atoms with Gasteiger partial charge in [0.1, 0.15) is 0 Å². The zero-order valence-electron chi connectivity index (χ0n) is 11.9. The van der Waals surface area contributed by atoms with Crippen LogP contribution in [0.1, 0.15) is 45.4 Å². The maximum atomic E-state index is 10.7. The minimum atomic E-state index is -0.721. The van der Waals surface area contributed by atoms with Crippen LogP contribution in [0.4, 0.5) is 0 Å². The van der Waals surface area contributed by atoms with Crippen LogP contribution in [-0.2, 0) is 4.79 Å². The number of aliphatic carboxylic acids is 1. The van der Waals surface area contributed by atoms with Crippen molar-refractivity contribution >= 4 is 5.97 Å². The van der Waals surface area contributed by atoms with Crippen molar-refractivity contribution in [2.24, 2.45) is 0 Å². The second-order valence-corrected chi connectivity index (χ2v) is 5.44. The quantitative estimate of drug-likeness (QED) is 0.708. The van der Waals surface area contributed by atoms with Crippen LogP contribution in [-0.4, -0.2) is 60.1 Å². The average Bonchev–Trinajstić information content (AvgIpc) is 2.54. The van der Waals surface area contributed by atoms with E-state index in [-0.39, 0.29) is 6.54 Å². The predicted molar refractivity (Wildman–Crippen MR) is 73.9 cm³/mol. The lowest BCUT2D eigenvalue weighted by atomic mass is 10.1. The third kappa shape index (κ3) is 5.83. The van der Waals surface area contributed by atoms with Gasteiger partial charge in [0, 0.05) is 6.04 Å². The first kappa shape index (κ1) is 15.4. The lowest BCUT2D eigenvalue weighted by Gasteiger charge is -2.25. The Balaban J connectivity index is 2.29. The Morgan fingerprint density at radius 2 is 2.11 bits per heavy atom. The molecule has 1 aliphatic heterocycles. The summed E-state index contributed by atoms with van der Waals surface area (Å²) < 4.78 is 0. The van der Waals surface area contributed by atoms with Gasteiger partial charge in [0.05, 0.1) is 6.54 Å². The van der Waals surface area contributed by atoms with Crippen molar-refractivity contribution in [3.05, 3.63) is 0 Å². The third-order valence-electron chi connectivity index (χ3n) is 3.88. The van der Waals surface area contributed by atoms with E-state index in [2.05, 4.69) is 11.8 Å². The Bertz CT molecular complexity index is 246. The Kier molecular flexibility index (Phi) is 7.28. The Morgan fingerprint density at radius 1 is 1.33 bits per heavy atom. The monoisotopic (exact) mass is 256 g/mol. The van der Waals surface area contributed by atoms with Crippen molar-refractivity contribution in [3.63, 3.8) is 0 Å². The maximum Gasteiger partial charge on any atom is 0.317 e. The molecule has 1 heterocycles. The number of likely N-dealkylation sites (N-methyl/N-ethyl adjacent to an activating group) is 1. The van der Waals surface area contributed by atoms with Crippen LogP contribution in [0.15, 0.2) is 0 Å². The van der Waals surface area contributed by atoms with E-state index < -0.39 is 5.97 Å². The normalized spacial score (nSPS) is 22.1. The number of rotatable bonds is 7. The molecule has 0 aromatic heterocycles. The van der Waals surface area contributed by atoms with Crippen LogP contribution in [0.5, 0.6) is 0 Å². The molecule has 0 spiro atoms. The number of carboxylic acids is 1. The van der Waals surface area contributed by atoms with Gasteiger partial charge in [0.2, 0.25) is 0 Å². The van der Waals surface area contributed by atoms with Gasteiger partial charge in [-0.3, -0.25) is 9.69 Å². The molecule has 1 aliphatic rings. The minimum Gasteiger partial charge on any atom is -0.480 e. The standard InChI is InChI=1S/C14H28N2O2/c1-3-4-5-9-16-10-6-7-13(8-11-16)15(2)12-14(17)18/h13H,3-12H2,1-2H3,(H,17,18). The molecule has 1 saturated heterocycles. The fourth-order valence-electron chi connectivity index (χ4n) is 2.73. The summed E-state index contributed by atoms with van der Waals surface area (Å²) in [5.74, 6) is -0.721. The summed E-state index contributed by atoms with van der Waals surface area (Å²) in [7, 11) is 1.94. The van der Waals surface area contributed by atoms with Crippen LogP contribution in [0.3, 0.4) is 0 Å². The molecular formula is C14H28N2O2. The van der Waals surface area contributed by atoms with Gasteiger partial charge in [-0.1, -0.05) is 19.8 Å². The van der Waals surface area contributed by atoms with Crippen LogP contribution in [0.2, 0.25) is 0 Å². The number of unbranched alkanes of at least 4 members (excludes halogenated alkanes) is 2. The second kappa shape index (κ2) is 8.48. The molecule has 0 amide bonds. The molecular weight excluding hydrogens is 228 g/mol. The molecule has 0 saturated carbocycles. The molecule has 1 atom stereocenters. The molecule has 106 valence electrons. The summed E-state index contributed by atoms with van der Waals surface area (Å²) in [6, 6.07) is 0.442. The highest BCUT2D eigenvalue weighted by Gasteiger charge is 2.21. The fraction of sp³-hybridized carbons (Fsp3) is 0.929. The van der Waals surface area contributed by atoms with Crippen molar-refractivity contribution in [2.45, 2.75) is 51.5 Å². The molecule has 1 N–H and O–H groups in total. The summed E-state index contributed by atoms with van der Waals surface area (Å²) in [6.45, 7) is 5.92. The minimum absolute atomic E-state index is 0.167. The number of carboxylic acid groups (broad SMARTS) is 1. The molecule has 0 aromatic carbocycles. The van der Waals surface area contributed by atoms with Gasteiger partial charge < -0.3 is 10.0 Å². The highest BCUT2D eigenvalue weighted by molar-refractivity contribution is 5.69. The number of hydrogen-bond donors (Lipinski definition) is 1. The lowest BCUT2D eigenvalue weighted by Crippen LogP contribution is -2.36. The molecule has 4 nitrogen and oxygen atoms in total. The van der Waals surface area contributed by atoms with Crippen LogP contribution < -0.4 is 0 Å². The third-order valence-corrected chi connectivity index (χ3v) is 3.88. The largest absolute Gasteiger partial charge is 0.480 e. The van der Waals surface area contributed by atoms with Gasteiger partial charge in [-0.05, 0) is 52.4 Å². The topological polar surface area (TPSA) is 43.8 Å². The van der Waals surface area contributed by atoms with Gasteiger partial charge in [0.25, 0.3) is 0 Å². The number of likely N-dealkylation sites (tertiary alicyclic amines) is 1. The zero-order chi connectivity index (χ0) is 13.4. The van der Waals surface area contributed by atoms with E-state index in [1.54, 1.807) is 0 Å². The molecule has 0 aliphatic carbocycles. The average molecular weight is 256 g/mol. The molecule has 0 radical (unpaired) electrons. The SMILES string of the molecule is CCCCCN1CCCC(N(C)CC(=O)O)CC1. The highest BCUT2D eigenvalue weighted by atomic mass is 16.4. The molecule has 1 unspecified atom stereocenters. The van der Waals surface area contributed by atoms with Gasteiger partial charge in [-0.25, -0.2) is 0 Å². The van der Waals surface area contributed by atoms with Gasteiger partial charge >= 0.3 is 5.97 Å². The van der Waals surface area contributed by atoms with E-state index in [1.807, 2.05) is 11.9 Å². The Morgan fingerprint density at radius 3 is 2.78 bits per heavy atom. The van der Waals surface area contributed by atoms with E-state index in [9.17, 15) is 4.79 Å². The van der Waals surface area contributed by atoms with Gasteiger partial charge in [0.15, 0.2) is 0 Å². The number of carbonyl (C=O) groups is 1. The van der Waals surface area contributed by atoms with Crippen molar-refractivity contribution < 1.29 is 9.90 Å². The zero-order valence-corrected chi connectivity index (χ0v) is 11.9. The summed E-state index contributed by atoms with van der Waals surface area (Å²) >= 11 is 0. The van der Waals surface area contributed by atoms with Gasteiger partial charge in [-0.15, -0.1) is 0 Å². The van der Waals surface area contributed by atoms with Crippen LogP contribution >= 0.6 is 0 Å². The van der Waals surface area contributed by atoms with Crippen LogP contribution in [0.25, 0.3) is 0 Å². The van der Waals surface area contributed by atoms with E-state index >= 15 is 0 Å². The summed E-state index contributed by atoms with van der Waals surface area (Å²) in [5, 5.41) is 8.83. The first-order chi connectivity index (χ1) is 8.63. The summed E-state index contributed by atoms with van der Waals surface area (Å²) in [4.78, 5) is 15.3. The Labute approximate surface area is 111 Å². The summed E-state index contributed by atoms with van der Waals surface area (Å²) in [6.07, 6.45) is 7.33. The van der Waals surface area contributed by atoms with Crippen molar-refractivity contribution in [2.75, 3.05) is 33.2 Å². The van der Waals surface area contributed by atoms with E-state index in [1.165, 1.54) is 38.8 Å². The first-order valence-corrected chi connectivity index (χ1v) is 7.28. The van der Waals surface area contributed by atoms with Gasteiger partial charge in [-0.2, -0.15) is 0 Å². The molecule has 0 aromatic rings. The number of hydrogen-bond acceptors (Lipinski definition) is 3. The van der Waals surface area contributed by atoms with Crippen molar-refractivity contribution in [1.82, 2.24) is 9.80 Å². The second-order valence-electron chi connectivity index (χ2n) is 5.44. The highest BCUT2D eigenvalue weighted by Crippen LogP contribution is 2.16. The fourth-order valence-corrected chi connectivity index (χ4v) is 2.73. The van der Waals surface area contributed by atoms with Crippen molar-refractivity contribution in [1.29, 1.82) is 0 Å². The lowest BCUT2D eigenvalue weighted by molar-refractivity contribution is -0.138. The van der Waals surface area contributed by atoms with E-state index in [4.69, 9.17) is 5.11 Å². The molecule has 18 heavy (non-hydrogen) atoms. The molecule has 4 heteroatoms. The molecule has 1 fully saturated rings. The molecule has 1 rings (SSSR count). The van der Waals surface area contributed by atoms with Crippen LogP contribution in [0, 0.1) is 0 Å². The predicted octanol–water partition coefficient (Wildman–Crippen LogP) is 2.05. The maximum absolute atomic E-state index is 10.7. The van der Waals surface area contributed by atoms with E-state index in [0.29, 0.717) is 6.04 Å². The molecule has 0 bridgehead atoms.